The van der Waals surface area contributed by atoms with Gasteiger partial charge >= 0.3 is 0 Å². The van der Waals surface area contributed by atoms with Crippen molar-refractivity contribution in [1.29, 1.82) is 0 Å². The second-order valence-electron chi connectivity index (χ2n) is 7.74. The largest absolute Gasteiger partial charge is 0.385 e. The second-order valence-corrected chi connectivity index (χ2v) is 7.74. The summed E-state index contributed by atoms with van der Waals surface area (Å²) in [5.74, 6) is 0.977. The van der Waals surface area contributed by atoms with E-state index in [0.29, 0.717) is 10.8 Å². The Labute approximate surface area is 148 Å². The van der Waals surface area contributed by atoms with Crippen LogP contribution in [0.15, 0.2) is 4.99 Å². The number of guanidine groups is 1. The highest BCUT2D eigenvalue weighted by Gasteiger charge is 2.37. The third kappa shape index (κ3) is 5.35. The zero-order valence-corrected chi connectivity index (χ0v) is 16.0. The van der Waals surface area contributed by atoms with Gasteiger partial charge in [-0.3, -0.25) is 4.99 Å². The Morgan fingerprint density at radius 3 is 1.96 bits per heavy atom. The topological polar surface area (TPSA) is 54.9 Å². The molecule has 0 aromatic rings. The molecule has 0 aromatic carbocycles. The molecule has 0 heterocycles. The molecule has 0 saturated heterocycles. The maximum absolute atomic E-state index is 5.29. The van der Waals surface area contributed by atoms with Crippen LogP contribution in [0, 0.1) is 10.8 Å². The highest BCUT2D eigenvalue weighted by molar-refractivity contribution is 5.79. The first kappa shape index (κ1) is 19.5. The molecular weight excluding hydrogens is 302 g/mol. The van der Waals surface area contributed by atoms with E-state index in [2.05, 4.69) is 17.6 Å². The van der Waals surface area contributed by atoms with Gasteiger partial charge in [0.25, 0.3) is 0 Å². The number of nitrogens with zero attached hydrogens (tertiary/aromatic N) is 1. The van der Waals surface area contributed by atoms with E-state index >= 15 is 0 Å². The maximum atomic E-state index is 5.29. The van der Waals surface area contributed by atoms with Crippen LogP contribution < -0.4 is 10.6 Å². The monoisotopic (exact) mass is 339 g/mol. The van der Waals surface area contributed by atoms with Crippen LogP contribution >= 0.6 is 0 Å². The molecular formula is C19H37N3O2. The molecule has 0 aliphatic heterocycles. The van der Waals surface area contributed by atoms with Crippen molar-refractivity contribution < 1.29 is 9.47 Å². The summed E-state index contributed by atoms with van der Waals surface area (Å²) >= 11 is 0. The van der Waals surface area contributed by atoms with Crippen molar-refractivity contribution in [3.8, 4) is 0 Å². The molecule has 0 aromatic heterocycles. The minimum Gasteiger partial charge on any atom is -0.385 e. The van der Waals surface area contributed by atoms with Gasteiger partial charge in [0.1, 0.15) is 0 Å². The average molecular weight is 340 g/mol. The molecule has 5 heteroatoms. The van der Waals surface area contributed by atoms with Gasteiger partial charge in [0, 0.05) is 47.1 Å². The molecule has 2 N–H and O–H groups in total. The van der Waals surface area contributed by atoms with Gasteiger partial charge in [0.2, 0.25) is 0 Å². The van der Waals surface area contributed by atoms with Crippen molar-refractivity contribution in [2.45, 2.75) is 58.3 Å². The Hall–Kier alpha value is -0.810. The normalized spacial score (nSPS) is 21.7. The summed E-state index contributed by atoms with van der Waals surface area (Å²) in [6, 6.07) is 0. The molecule has 2 rings (SSSR count). The fourth-order valence-corrected chi connectivity index (χ4v) is 3.85. The SMILES string of the molecule is CCNC(=NCC1(CCOC)CCC1)NCC1(CCOC)CCC1. The van der Waals surface area contributed by atoms with E-state index in [1.807, 2.05) is 0 Å². The van der Waals surface area contributed by atoms with Crippen molar-refractivity contribution in [3.63, 3.8) is 0 Å². The zero-order chi connectivity index (χ0) is 17.3. The first-order valence-corrected chi connectivity index (χ1v) is 9.68. The predicted molar refractivity (Wildman–Crippen MR) is 99.5 cm³/mol. The molecule has 0 amide bonds. The Morgan fingerprint density at radius 1 is 0.917 bits per heavy atom. The molecule has 140 valence electrons. The number of hydrogen-bond acceptors (Lipinski definition) is 3. The standard InChI is InChI=1S/C19H37N3O2/c1-4-20-17(21-15-18(7-5-8-18)11-13-23-2)22-16-19(9-6-10-19)12-14-24-3/h4-16H2,1-3H3,(H2,20,21,22). The van der Waals surface area contributed by atoms with E-state index in [1.165, 1.54) is 38.5 Å². The summed E-state index contributed by atoms with van der Waals surface area (Å²) in [5.41, 5.74) is 0.791. The Bertz CT molecular complexity index is 390. The number of nitrogens with one attached hydrogen (secondary N) is 2. The summed E-state index contributed by atoms with van der Waals surface area (Å²) in [4.78, 5) is 4.91. The van der Waals surface area contributed by atoms with Crippen molar-refractivity contribution in [3.05, 3.63) is 0 Å². The lowest BCUT2D eigenvalue weighted by molar-refractivity contribution is 0.0725. The van der Waals surface area contributed by atoms with Crippen molar-refractivity contribution in [1.82, 2.24) is 10.6 Å². The van der Waals surface area contributed by atoms with Crippen LogP contribution in [0.5, 0.6) is 0 Å². The minimum absolute atomic E-state index is 0.378. The molecule has 5 nitrogen and oxygen atoms in total. The third-order valence-corrected chi connectivity index (χ3v) is 6.05. The zero-order valence-electron chi connectivity index (χ0n) is 16.0. The van der Waals surface area contributed by atoms with E-state index in [9.17, 15) is 0 Å². The number of ether oxygens (including phenoxy) is 2. The van der Waals surface area contributed by atoms with Crippen LogP contribution in [0.3, 0.4) is 0 Å². The van der Waals surface area contributed by atoms with Gasteiger partial charge in [-0.1, -0.05) is 12.8 Å². The quantitative estimate of drug-likeness (QED) is 0.449. The fourth-order valence-electron chi connectivity index (χ4n) is 3.85. The van der Waals surface area contributed by atoms with Crippen LogP contribution in [0.25, 0.3) is 0 Å². The number of aliphatic imine (C=N–C) groups is 1. The maximum Gasteiger partial charge on any atom is 0.191 e. The Morgan fingerprint density at radius 2 is 1.50 bits per heavy atom. The molecule has 0 bridgehead atoms. The molecule has 0 unspecified atom stereocenters. The third-order valence-electron chi connectivity index (χ3n) is 6.05. The lowest BCUT2D eigenvalue weighted by atomic mass is 9.66. The van der Waals surface area contributed by atoms with Gasteiger partial charge in [-0.2, -0.15) is 0 Å². The molecule has 2 aliphatic carbocycles. The van der Waals surface area contributed by atoms with E-state index in [0.717, 1.165) is 51.6 Å². The van der Waals surface area contributed by atoms with Crippen molar-refractivity contribution in [2.75, 3.05) is 47.1 Å². The van der Waals surface area contributed by atoms with E-state index < -0.39 is 0 Å². The van der Waals surface area contributed by atoms with Crippen molar-refractivity contribution in [2.24, 2.45) is 15.8 Å². The predicted octanol–water partition coefficient (Wildman–Crippen LogP) is 2.96. The molecule has 0 atom stereocenters. The second kappa shape index (κ2) is 9.62. The number of hydrogen-bond donors (Lipinski definition) is 2. The van der Waals surface area contributed by atoms with Crippen LogP contribution in [-0.4, -0.2) is 53.0 Å². The van der Waals surface area contributed by atoms with Crippen LogP contribution in [0.1, 0.15) is 58.3 Å². The summed E-state index contributed by atoms with van der Waals surface area (Å²) in [6.45, 7) is 6.66. The van der Waals surface area contributed by atoms with Gasteiger partial charge < -0.3 is 20.1 Å². The summed E-state index contributed by atoms with van der Waals surface area (Å²) in [7, 11) is 3.59. The van der Waals surface area contributed by atoms with Gasteiger partial charge in [-0.15, -0.1) is 0 Å². The average Bonchev–Trinajstić information content (AvgIpc) is 2.52. The smallest absolute Gasteiger partial charge is 0.191 e. The Kier molecular flexibility index (Phi) is 7.82. The van der Waals surface area contributed by atoms with Crippen molar-refractivity contribution >= 4 is 5.96 Å². The van der Waals surface area contributed by atoms with Gasteiger partial charge in [-0.05, 0) is 56.3 Å². The van der Waals surface area contributed by atoms with Gasteiger partial charge in [0.15, 0.2) is 5.96 Å². The van der Waals surface area contributed by atoms with Gasteiger partial charge in [-0.25, -0.2) is 0 Å². The van der Waals surface area contributed by atoms with Crippen LogP contribution in [0.4, 0.5) is 0 Å². The number of rotatable bonds is 11. The Balaban J connectivity index is 1.86. The molecule has 2 aliphatic rings. The molecule has 24 heavy (non-hydrogen) atoms. The highest BCUT2D eigenvalue weighted by atomic mass is 16.5. The summed E-state index contributed by atoms with van der Waals surface area (Å²) < 4.78 is 10.6. The first-order valence-electron chi connectivity index (χ1n) is 9.68. The lowest BCUT2D eigenvalue weighted by Gasteiger charge is -2.43. The summed E-state index contributed by atoms with van der Waals surface area (Å²) in [5, 5.41) is 7.01. The molecule has 2 saturated carbocycles. The van der Waals surface area contributed by atoms with Crippen LogP contribution in [0.2, 0.25) is 0 Å². The molecule has 2 fully saturated rings. The number of methoxy groups -OCH3 is 2. The first-order chi connectivity index (χ1) is 11.7. The lowest BCUT2D eigenvalue weighted by Crippen LogP contribution is -2.47. The van der Waals surface area contributed by atoms with E-state index in [-0.39, 0.29) is 0 Å². The highest BCUT2D eigenvalue weighted by Crippen LogP contribution is 2.44. The summed E-state index contributed by atoms with van der Waals surface area (Å²) in [6.07, 6.45) is 10.1. The van der Waals surface area contributed by atoms with Gasteiger partial charge in [0.05, 0.1) is 0 Å². The van der Waals surface area contributed by atoms with E-state index in [4.69, 9.17) is 14.5 Å². The molecule has 0 radical (unpaired) electrons. The fraction of sp³-hybridized carbons (Fsp3) is 0.947. The minimum atomic E-state index is 0.378. The molecule has 0 spiro atoms. The van der Waals surface area contributed by atoms with E-state index in [1.54, 1.807) is 14.2 Å². The van der Waals surface area contributed by atoms with Crippen LogP contribution in [-0.2, 0) is 9.47 Å².